The second-order valence-corrected chi connectivity index (χ2v) is 7.28. The number of pyridine rings is 1. The van der Waals surface area contributed by atoms with E-state index in [0.29, 0.717) is 35.5 Å². The minimum Gasteiger partial charge on any atom is -0.383 e. The summed E-state index contributed by atoms with van der Waals surface area (Å²) in [6.07, 6.45) is -1.64. The summed E-state index contributed by atoms with van der Waals surface area (Å²) >= 11 is 0. The van der Waals surface area contributed by atoms with Gasteiger partial charge in [0.1, 0.15) is 5.69 Å². The van der Waals surface area contributed by atoms with Crippen LogP contribution in [0.15, 0.2) is 54.6 Å². The number of ether oxygens (including phenoxy) is 1. The summed E-state index contributed by atoms with van der Waals surface area (Å²) in [4.78, 5) is 40.5. The van der Waals surface area contributed by atoms with E-state index in [9.17, 15) is 18.8 Å². The molecule has 3 rings (SSSR count). The molecule has 0 aliphatic heterocycles. The lowest BCUT2D eigenvalue weighted by molar-refractivity contribution is -0.121. The van der Waals surface area contributed by atoms with Crippen molar-refractivity contribution in [2.75, 3.05) is 32.1 Å². The summed E-state index contributed by atoms with van der Waals surface area (Å²) in [5.74, 6) is -1.54. The summed E-state index contributed by atoms with van der Waals surface area (Å²) in [6.45, 7) is 1.73. The van der Waals surface area contributed by atoms with Crippen molar-refractivity contribution in [1.82, 2.24) is 15.6 Å². The van der Waals surface area contributed by atoms with Gasteiger partial charge in [-0.25, -0.2) is 9.37 Å². The Morgan fingerprint density at radius 1 is 1.06 bits per heavy atom. The smallest absolute Gasteiger partial charge is 0.270 e. The number of nitrogens with one attached hydrogen (secondary N) is 3. The highest BCUT2D eigenvalue weighted by atomic mass is 19.1. The standard InChI is InChI=1S/C24H25FN4O4/c1-15(25)23(31)29-20-7-3-5-16-9-10-17(13-18(16)20)19-6-4-8-21(28-19)24(32)27-14-22(30)26-11-12-33-2/h3-10,13,15H,11-12,14H2,1-2H3,(H,26,30)(H,27,32)(H,29,31). The van der Waals surface area contributed by atoms with Gasteiger partial charge >= 0.3 is 0 Å². The van der Waals surface area contributed by atoms with Crippen molar-refractivity contribution in [3.63, 3.8) is 0 Å². The fourth-order valence-corrected chi connectivity index (χ4v) is 3.10. The number of hydrogen-bond donors (Lipinski definition) is 3. The molecule has 3 aromatic rings. The van der Waals surface area contributed by atoms with Gasteiger partial charge in [0.15, 0.2) is 6.17 Å². The molecule has 1 unspecified atom stereocenters. The van der Waals surface area contributed by atoms with E-state index >= 15 is 0 Å². The number of amides is 3. The van der Waals surface area contributed by atoms with Gasteiger partial charge in [0.2, 0.25) is 5.91 Å². The molecule has 3 amide bonds. The van der Waals surface area contributed by atoms with Gasteiger partial charge in [-0.2, -0.15) is 0 Å². The number of halogens is 1. The lowest BCUT2D eigenvalue weighted by Gasteiger charge is -2.11. The number of methoxy groups -OCH3 is 1. The maximum absolute atomic E-state index is 13.3. The quantitative estimate of drug-likeness (QED) is 0.433. The molecular formula is C24H25FN4O4. The van der Waals surface area contributed by atoms with Crippen molar-refractivity contribution in [3.8, 4) is 11.3 Å². The monoisotopic (exact) mass is 452 g/mol. The molecule has 0 saturated heterocycles. The van der Waals surface area contributed by atoms with E-state index in [0.717, 1.165) is 5.39 Å². The van der Waals surface area contributed by atoms with Gasteiger partial charge in [-0.3, -0.25) is 14.4 Å². The van der Waals surface area contributed by atoms with Gasteiger partial charge in [0.25, 0.3) is 11.8 Å². The van der Waals surface area contributed by atoms with Crippen LogP contribution in [-0.4, -0.2) is 55.7 Å². The number of anilines is 1. The predicted molar refractivity (Wildman–Crippen MR) is 124 cm³/mol. The van der Waals surface area contributed by atoms with Crippen LogP contribution in [0.1, 0.15) is 17.4 Å². The second-order valence-electron chi connectivity index (χ2n) is 7.28. The third-order valence-electron chi connectivity index (χ3n) is 4.82. The molecule has 9 heteroatoms. The fourth-order valence-electron chi connectivity index (χ4n) is 3.10. The van der Waals surface area contributed by atoms with Gasteiger partial charge in [-0.15, -0.1) is 0 Å². The third kappa shape index (κ3) is 6.33. The summed E-state index contributed by atoms with van der Waals surface area (Å²) in [7, 11) is 1.53. The maximum Gasteiger partial charge on any atom is 0.270 e. The molecule has 1 atom stereocenters. The highest BCUT2D eigenvalue weighted by molar-refractivity contribution is 6.04. The number of fused-ring (bicyclic) bond motifs is 1. The molecule has 1 aromatic heterocycles. The Balaban J connectivity index is 1.79. The molecule has 0 radical (unpaired) electrons. The van der Waals surface area contributed by atoms with Crippen molar-refractivity contribution < 1.29 is 23.5 Å². The van der Waals surface area contributed by atoms with Crippen LogP contribution in [-0.2, 0) is 14.3 Å². The van der Waals surface area contributed by atoms with Crippen molar-refractivity contribution in [3.05, 3.63) is 60.3 Å². The van der Waals surface area contributed by atoms with E-state index in [1.165, 1.54) is 14.0 Å². The molecular weight excluding hydrogens is 427 g/mol. The van der Waals surface area contributed by atoms with Crippen molar-refractivity contribution >= 4 is 34.2 Å². The summed E-state index contributed by atoms with van der Waals surface area (Å²) in [5.41, 5.74) is 1.89. The third-order valence-corrected chi connectivity index (χ3v) is 4.82. The first-order valence-corrected chi connectivity index (χ1v) is 10.4. The Labute approximate surface area is 190 Å². The van der Waals surface area contributed by atoms with E-state index in [-0.39, 0.29) is 18.1 Å². The van der Waals surface area contributed by atoms with Gasteiger partial charge < -0.3 is 20.7 Å². The van der Waals surface area contributed by atoms with Crippen molar-refractivity contribution in [2.45, 2.75) is 13.1 Å². The number of hydrogen-bond acceptors (Lipinski definition) is 5. The number of carbonyl (C=O) groups excluding carboxylic acids is 3. The first-order valence-electron chi connectivity index (χ1n) is 10.4. The molecule has 1 heterocycles. The molecule has 33 heavy (non-hydrogen) atoms. The van der Waals surface area contributed by atoms with Crippen LogP contribution < -0.4 is 16.0 Å². The zero-order valence-electron chi connectivity index (χ0n) is 18.4. The normalized spacial score (nSPS) is 11.6. The highest BCUT2D eigenvalue weighted by Gasteiger charge is 2.14. The van der Waals surface area contributed by atoms with Crippen LogP contribution in [0.3, 0.4) is 0 Å². The molecule has 0 saturated carbocycles. The fraction of sp³-hybridized carbons (Fsp3) is 0.250. The van der Waals surface area contributed by atoms with Crippen LogP contribution in [0.5, 0.6) is 0 Å². The van der Waals surface area contributed by atoms with Gasteiger partial charge in [0, 0.05) is 30.3 Å². The molecule has 0 aliphatic carbocycles. The molecule has 0 spiro atoms. The highest BCUT2D eigenvalue weighted by Crippen LogP contribution is 2.29. The summed E-state index contributed by atoms with van der Waals surface area (Å²) in [5, 5.41) is 9.32. The predicted octanol–water partition coefficient (Wildman–Crippen LogP) is 2.69. The first-order chi connectivity index (χ1) is 15.9. The average Bonchev–Trinajstić information content (AvgIpc) is 2.82. The number of benzene rings is 2. The van der Waals surface area contributed by atoms with E-state index in [1.54, 1.807) is 30.3 Å². The van der Waals surface area contributed by atoms with Crippen LogP contribution in [0.2, 0.25) is 0 Å². The zero-order chi connectivity index (χ0) is 23.8. The Kier molecular flexibility index (Phi) is 8.04. The lowest BCUT2D eigenvalue weighted by Crippen LogP contribution is -2.38. The Hall–Kier alpha value is -3.85. The van der Waals surface area contributed by atoms with Crippen LogP contribution in [0.4, 0.5) is 10.1 Å². The molecule has 0 bridgehead atoms. The minimum atomic E-state index is -1.64. The first kappa shape index (κ1) is 23.8. The molecule has 172 valence electrons. The Bertz CT molecular complexity index is 1170. The van der Waals surface area contributed by atoms with E-state index in [1.807, 2.05) is 24.3 Å². The Morgan fingerprint density at radius 3 is 2.61 bits per heavy atom. The van der Waals surface area contributed by atoms with Crippen LogP contribution in [0, 0.1) is 0 Å². The minimum absolute atomic E-state index is 0.158. The van der Waals surface area contributed by atoms with E-state index in [4.69, 9.17) is 4.74 Å². The van der Waals surface area contributed by atoms with Crippen LogP contribution >= 0.6 is 0 Å². The number of nitrogens with zero attached hydrogens (tertiary/aromatic N) is 1. The van der Waals surface area contributed by atoms with Gasteiger partial charge in [-0.1, -0.05) is 30.3 Å². The Morgan fingerprint density at radius 2 is 1.85 bits per heavy atom. The number of rotatable bonds is 9. The lowest BCUT2D eigenvalue weighted by atomic mass is 10.0. The van der Waals surface area contributed by atoms with Crippen molar-refractivity contribution in [2.24, 2.45) is 0 Å². The summed E-state index contributed by atoms with van der Waals surface area (Å²) < 4.78 is 18.2. The van der Waals surface area contributed by atoms with E-state index in [2.05, 4.69) is 20.9 Å². The molecule has 0 aliphatic rings. The van der Waals surface area contributed by atoms with E-state index < -0.39 is 18.0 Å². The molecule has 0 fully saturated rings. The summed E-state index contributed by atoms with van der Waals surface area (Å²) in [6, 6.07) is 15.9. The number of carbonyl (C=O) groups is 3. The second kappa shape index (κ2) is 11.1. The average molecular weight is 452 g/mol. The topological polar surface area (TPSA) is 109 Å². The van der Waals surface area contributed by atoms with Crippen LogP contribution in [0.25, 0.3) is 22.0 Å². The largest absolute Gasteiger partial charge is 0.383 e. The number of aromatic nitrogens is 1. The zero-order valence-corrected chi connectivity index (χ0v) is 18.4. The molecule has 3 N–H and O–H groups in total. The maximum atomic E-state index is 13.3. The van der Waals surface area contributed by atoms with Crippen molar-refractivity contribution in [1.29, 1.82) is 0 Å². The molecule has 2 aromatic carbocycles. The SMILES string of the molecule is COCCNC(=O)CNC(=O)c1cccc(-c2ccc3cccc(NC(=O)C(C)F)c3c2)n1. The van der Waals surface area contributed by atoms with Gasteiger partial charge in [0.05, 0.1) is 18.8 Å². The molecule has 8 nitrogen and oxygen atoms in total. The number of alkyl halides is 1. The van der Waals surface area contributed by atoms with Gasteiger partial charge in [-0.05, 0) is 36.6 Å².